The molecule has 0 atom stereocenters. The van der Waals surface area contributed by atoms with Gasteiger partial charge in [0.1, 0.15) is 5.75 Å². The van der Waals surface area contributed by atoms with E-state index in [0.29, 0.717) is 5.02 Å². The SMILES string of the molecule is O=C(S)c1cc(Cl)ccc1O. The maximum Gasteiger partial charge on any atom is 0.220 e. The summed E-state index contributed by atoms with van der Waals surface area (Å²) in [5, 5.41) is 8.98. The van der Waals surface area contributed by atoms with E-state index in [2.05, 4.69) is 12.6 Å². The lowest BCUT2D eigenvalue weighted by atomic mass is 10.2. The number of rotatable bonds is 1. The zero-order chi connectivity index (χ0) is 8.43. The van der Waals surface area contributed by atoms with Gasteiger partial charge in [-0.25, -0.2) is 0 Å². The largest absolute Gasteiger partial charge is 0.507 e. The molecule has 0 aliphatic carbocycles. The first-order valence-corrected chi connectivity index (χ1v) is 3.65. The second kappa shape index (κ2) is 3.15. The Hall–Kier alpha value is -0.670. The van der Waals surface area contributed by atoms with Crippen LogP contribution in [0.3, 0.4) is 0 Å². The predicted octanol–water partition coefficient (Wildman–Crippen LogP) is 2.12. The highest BCUT2D eigenvalue weighted by Crippen LogP contribution is 2.22. The number of phenols is 1. The topological polar surface area (TPSA) is 37.3 Å². The number of thiol groups is 1. The Morgan fingerprint density at radius 1 is 1.55 bits per heavy atom. The number of benzene rings is 1. The second-order valence-corrected chi connectivity index (χ2v) is 2.81. The maximum atomic E-state index is 10.7. The van der Waals surface area contributed by atoms with Gasteiger partial charge >= 0.3 is 0 Å². The first-order valence-electron chi connectivity index (χ1n) is 2.83. The average molecular weight is 189 g/mol. The number of hydrogen-bond acceptors (Lipinski definition) is 2. The molecule has 0 heterocycles. The van der Waals surface area contributed by atoms with Crippen LogP contribution in [0.1, 0.15) is 10.4 Å². The molecule has 0 aromatic heterocycles. The van der Waals surface area contributed by atoms with E-state index >= 15 is 0 Å². The van der Waals surface area contributed by atoms with Gasteiger partial charge in [0.15, 0.2) is 0 Å². The summed E-state index contributed by atoms with van der Waals surface area (Å²) in [5.74, 6) is -0.102. The highest BCUT2D eigenvalue weighted by molar-refractivity contribution is 7.97. The Morgan fingerprint density at radius 3 is 2.64 bits per heavy atom. The molecule has 0 aliphatic heterocycles. The third kappa shape index (κ3) is 1.88. The standard InChI is InChI=1S/C7H5ClO2S/c8-4-1-2-6(9)5(3-4)7(10)11/h1-3,9H,(H,10,11). The molecule has 1 aromatic carbocycles. The van der Waals surface area contributed by atoms with E-state index in [-0.39, 0.29) is 11.3 Å². The predicted molar refractivity (Wildman–Crippen MR) is 46.4 cm³/mol. The number of carbonyl (C=O) groups is 1. The lowest BCUT2D eigenvalue weighted by molar-refractivity contribution is 0.108. The Bertz CT molecular complexity index is 298. The summed E-state index contributed by atoms with van der Waals surface area (Å²) in [6, 6.07) is 4.22. The minimum absolute atomic E-state index is 0.102. The molecule has 0 amide bonds. The van der Waals surface area contributed by atoms with Gasteiger partial charge in [0.25, 0.3) is 0 Å². The summed E-state index contributed by atoms with van der Waals surface area (Å²) in [6.07, 6.45) is 0. The molecule has 0 radical (unpaired) electrons. The molecule has 1 aromatic rings. The molecule has 0 spiro atoms. The smallest absolute Gasteiger partial charge is 0.220 e. The molecule has 0 saturated heterocycles. The van der Waals surface area contributed by atoms with Crippen molar-refractivity contribution in [2.24, 2.45) is 0 Å². The monoisotopic (exact) mass is 188 g/mol. The van der Waals surface area contributed by atoms with Gasteiger partial charge in [0.2, 0.25) is 5.12 Å². The van der Waals surface area contributed by atoms with Crippen LogP contribution < -0.4 is 0 Å². The van der Waals surface area contributed by atoms with E-state index in [0.717, 1.165) is 0 Å². The van der Waals surface area contributed by atoms with E-state index in [1.54, 1.807) is 0 Å². The Labute approximate surface area is 74.2 Å². The zero-order valence-corrected chi connectivity index (χ0v) is 7.06. The van der Waals surface area contributed by atoms with Gasteiger partial charge in [-0.15, -0.1) is 12.6 Å². The van der Waals surface area contributed by atoms with Crippen molar-refractivity contribution >= 4 is 29.3 Å². The van der Waals surface area contributed by atoms with Crippen molar-refractivity contribution in [3.8, 4) is 5.75 Å². The van der Waals surface area contributed by atoms with Gasteiger partial charge in [-0.3, -0.25) is 4.79 Å². The molecule has 4 heteroatoms. The van der Waals surface area contributed by atoms with Crippen LogP contribution in [0.5, 0.6) is 5.75 Å². The van der Waals surface area contributed by atoms with Crippen molar-refractivity contribution in [2.45, 2.75) is 0 Å². The molecule has 11 heavy (non-hydrogen) atoms. The second-order valence-electron chi connectivity index (χ2n) is 1.97. The van der Waals surface area contributed by atoms with Crippen LogP contribution in [0.15, 0.2) is 18.2 Å². The van der Waals surface area contributed by atoms with Crippen molar-refractivity contribution in [3.63, 3.8) is 0 Å². The fourth-order valence-electron chi connectivity index (χ4n) is 0.680. The molecular formula is C7H5ClO2S. The van der Waals surface area contributed by atoms with Gasteiger partial charge in [0.05, 0.1) is 5.56 Å². The summed E-state index contributed by atoms with van der Waals surface area (Å²) in [5.41, 5.74) is 0.126. The number of phenolic OH excluding ortho intramolecular Hbond substituents is 1. The Balaban J connectivity index is 3.23. The summed E-state index contributed by atoms with van der Waals surface area (Å²) in [7, 11) is 0. The molecule has 0 aliphatic rings. The maximum absolute atomic E-state index is 10.7. The van der Waals surface area contributed by atoms with Crippen molar-refractivity contribution in [1.82, 2.24) is 0 Å². The van der Waals surface area contributed by atoms with Crippen LogP contribution in [0.4, 0.5) is 0 Å². The van der Waals surface area contributed by atoms with E-state index in [1.807, 2.05) is 0 Å². The molecule has 1 N–H and O–H groups in total. The van der Waals surface area contributed by atoms with Crippen LogP contribution >= 0.6 is 24.2 Å². The highest BCUT2D eigenvalue weighted by Gasteiger charge is 2.06. The minimum Gasteiger partial charge on any atom is -0.507 e. The molecule has 1 rings (SSSR count). The van der Waals surface area contributed by atoms with Crippen LogP contribution in [-0.4, -0.2) is 10.2 Å². The molecule has 58 valence electrons. The molecular weight excluding hydrogens is 184 g/mol. The number of halogens is 1. The average Bonchev–Trinajstić information content (AvgIpc) is 1.94. The van der Waals surface area contributed by atoms with Gasteiger partial charge in [-0.2, -0.15) is 0 Å². The third-order valence-electron chi connectivity index (χ3n) is 1.19. The first-order chi connectivity index (χ1) is 5.11. The van der Waals surface area contributed by atoms with Crippen molar-refractivity contribution in [1.29, 1.82) is 0 Å². The van der Waals surface area contributed by atoms with E-state index in [1.165, 1.54) is 18.2 Å². The lowest BCUT2D eigenvalue weighted by Gasteiger charge is -1.98. The molecule has 0 saturated carbocycles. The molecule has 0 bridgehead atoms. The summed E-state index contributed by atoms with van der Waals surface area (Å²) >= 11 is 9.11. The highest BCUT2D eigenvalue weighted by atomic mass is 35.5. The van der Waals surface area contributed by atoms with E-state index in [9.17, 15) is 4.79 Å². The first kappa shape index (κ1) is 8.43. The van der Waals surface area contributed by atoms with Crippen molar-refractivity contribution < 1.29 is 9.90 Å². The van der Waals surface area contributed by atoms with Gasteiger partial charge < -0.3 is 5.11 Å². The molecule has 0 unspecified atom stereocenters. The van der Waals surface area contributed by atoms with Crippen molar-refractivity contribution in [3.05, 3.63) is 28.8 Å². The van der Waals surface area contributed by atoms with E-state index in [4.69, 9.17) is 16.7 Å². The fraction of sp³-hybridized carbons (Fsp3) is 0. The van der Waals surface area contributed by atoms with Crippen LogP contribution in [0.2, 0.25) is 5.02 Å². The van der Waals surface area contributed by atoms with Gasteiger partial charge in [-0.05, 0) is 18.2 Å². The van der Waals surface area contributed by atoms with Crippen LogP contribution in [0.25, 0.3) is 0 Å². The van der Waals surface area contributed by atoms with Gasteiger partial charge in [-0.1, -0.05) is 11.6 Å². The Kier molecular flexibility index (Phi) is 2.42. The fourth-order valence-corrected chi connectivity index (χ4v) is 1.03. The van der Waals surface area contributed by atoms with Gasteiger partial charge in [0, 0.05) is 5.02 Å². The Morgan fingerprint density at radius 2 is 2.18 bits per heavy atom. The normalized spacial score (nSPS) is 9.64. The summed E-state index contributed by atoms with van der Waals surface area (Å²) in [6.45, 7) is 0. The zero-order valence-electron chi connectivity index (χ0n) is 5.41. The van der Waals surface area contributed by atoms with Crippen LogP contribution in [0, 0.1) is 0 Å². The summed E-state index contributed by atoms with van der Waals surface area (Å²) < 4.78 is 0. The lowest BCUT2D eigenvalue weighted by Crippen LogP contribution is -1.88. The summed E-state index contributed by atoms with van der Waals surface area (Å²) in [4.78, 5) is 10.7. The molecule has 0 fully saturated rings. The quantitative estimate of drug-likeness (QED) is 0.663. The van der Waals surface area contributed by atoms with E-state index < -0.39 is 5.12 Å². The minimum atomic E-state index is -0.495. The van der Waals surface area contributed by atoms with Crippen LogP contribution in [-0.2, 0) is 0 Å². The molecule has 2 nitrogen and oxygen atoms in total. The van der Waals surface area contributed by atoms with Crippen molar-refractivity contribution in [2.75, 3.05) is 0 Å². The number of hydrogen-bond donors (Lipinski definition) is 2. The number of aromatic hydroxyl groups is 1. The third-order valence-corrected chi connectivity index (χ3v) is 1.67. The number of carbonyl (C=O) groups excluding carboxylic acids is 1.